The first-order valence-corrected chi connectivity index (χ1v) is 7.27. The number of hydrogen-bond acceptors (Lipinski definition) is 2. The molecule has 0 saturated carbocycles. The molecule has 0 fully saturated rings. The van der Waals surface area contributed by atoms with Crippen molar-refractivity contribution in [3.63, 3.8) is 0 Å². The number of fused-ring (bicyclic) bond motifs is 1. The summed E-state index contributed by atoms with van der Waals surface area (Å²) in [5.74, 6) is 0.230. The number of benzene rings is 2. The van der Waals surface area contributed by atoms with Gasteiger partial charge < -0.3 is 5.11 Å². The Morgan fingerprint density at radius 1 is 1.05 bits per heavy atom. The number of carbonyl (C=O) groups is 1. The molecule has 0 spiro atoms. The highest BCUT2D eigenvalue weighted by Gasteiger charge is 2.23. The molecular weight excluding hydrogens is 316 g/mol. The Morgan fingerprint density at radius 3 is 2.65 bits per heavy atom. The van der Waals surface area contributed by atoms with Gasteiger partial charge in [0.05, 0.1) is 0 Å². The third-order valence-electron chi connectivity index (χ3n) is 3.57. The smallest absolute Gasteiger partial charge is 0.189 e. The molecule has 0 atom stereocenters. The largest absolute Gasteiger partial charge is 0.508 e. The minimum atomic E-state index is 0.0119. The maximum absolute atomic E-state index is 12.5. The molecule has 3 rings (SSSR count). The predicted molar refractivity (Wildman–Crippen MR) is 82.9 cm³/mol. The van der Waals surface area contributed by atoms with Gasteiger partial charge >= 0.3 is 0 Å². The first kappa shape index (κ1) is 13.1. The van der Waals surface area contributed by atoms with Crippen molar-refractivity contribution >= 4 is 27.8 Å². The lowest BCUT2D eigenvalue weighted by Crippen LogP contribution is -2.14. The van der Waals surface area contributed by atoms with Gasteiger partial charge in [0.2, 0.25) is 0 Å². The zero-order valence-corrected chi connectivity index (χ0v) is 12.4. The third-order valence-corrected chi connectivity index (χ3v) is 4.29. The molecule has 0 saturated heterocycles. The van der Waals surface area contributed by atoms with E-state index in [2.05, 4.69) is 15.9 Å². The Bertz CT molecular complexity index is 717. The van der Waals surface area contributed by atoms with Crippen molar-refractivity contribution in [2.24, 2.45) is 0 Å². The van der Waals surface area contributed by atoms with Gasteiger partial charge in [-0.3, -0.25) is 4.79 Å². The molecule has 0 heterocycles. The predicted octanol–water partition coefficient (Wildman–Crippen LogP) is 4.37. The van der Waals surface area contributed by atoms with Crippen LogP contribution in [-0.4, -0.2) is 10.9 Å². The van der Waals surface area contributed by atoms with Crippen molar-refractivity contribution in [1.82, 2.24) is 0 Å². The fraction of sp³-hybridized carbons (Fsp3) is 0.118. The third kappa shape index (κ3) is 2.29. The normalized spacial score (nSPS) is 16.2. The molecule has 100 valence electrons. The number of rotatable bonds is 1. The molecule has 0 unspecified atom stereocenters. The molecule has 2 aromatic rings. The summed E-state index contributed by atoms with van der Waals surface area (Å²) < 4.78 is 0.974. The van der Waals surface area contributed by atoms with Crippen molar-refractivity contribution < 1.29 is 9.90 Å². The number of halogens is 1. The Labute approximate surface area is 125 Å². The molecule has 0 aromatic heterocycles. The van der Waals surface area contributed by atoms with Gasteiger partial charge in [0.1, 0.15) is 5.75 Å². The molecule has 0 aliphatic heterocycles. The summed E-state index contributed by atoms with van der Waals surface area (Å²) in [6.45, 7) is 0. The number of phenolic OH excluding ortho intramolecular Hbond substituents is 1. The molecule has 1 N–H and O–H groups in total. The van der Waals surface area contributed by atoms with E-state index in [9.17, 15) is 9.90 Å². The minimum absolute atomic E-state index is 0.0119. The number of ketones is 1. The molecular formula is C17H13BrO2. The van der Waals surface area contributed by atoms with Gasteiger partial charge in [0, 0.05) is 21.2 Å². The van der Waals surface area contributed by atoms with Crippen LogP contribution in [0.1, 0.15) is 27.9 Å². The minimum Gasteiger partial charge on any atom is -0.508 e. The molecule has 1 aliphatic carbocycles. The van der Waals surface area contributed by atoms with E-state index in [0.717, 1.165) is 21.2 Å². The summed E-state index contributed by atoms with van der Waals surface area (Å²) in [6, 6.07) is 13.0. The summed E-state index contributed by atoms with van der Waals surface area (Å²) in [4.78, 5) is 12.5. The van der Waals surface area contributed by atoms with Crippen LogP contribution in [0.3, 0.4) is 0 Å². The second-order valence-electron chi connectivity index (χ2n) is 4.82. The van der Waals surface area contributed by atoms with Crippen LogP contribution in [0.4, 0.5) is 0 Å². The van der Waals surface area contributed by atoms with E-state index < -0.39 is 0 Å². The van der Waals surface area contributed by atoms with Crippen molar-refractivity contribution in [1.29, 1.82) is 0 Å². The monoisotopic (exact) mass is 328 g/mol. The topological polar surface area (TPSA) is 37.3 Å². The van der Waals surface area contributed by atoms with Crippen molar-refractivity contribution in [2.75, 3.05) is 0 Å². The highest BCUT2D eigenvalue weighted by Crippen LogP contribution is 2.32. The Hall–Kier alpha value is -1.87. The molecule has 20 heavy (non-hydrogen) atoms. The van der Waals surface area contributed by atoms with Crippen molar-refractivity contribution in [3.05, 3.63) is 69.2 Å². The molecule has 1 aliphatic rings. The maximum Gasteiger partial charge on any atom is 0.189 e. The van der Waals surface area contributed by atoms with E-state index in [1.807, 2.05) is 30.3 Å². The molecule has 0 bridgehead atoms. The molecule has 3 heteroatoms. The van der Waals surface area contributed by atoms with Crippen LogP contribution >= 0.6 is 15.9 Å². The SMILES string of the molecule is O=C1/C(=C/c2ccccc2Br)CCc2c(O)cccc21. The average Bonchev–Trinajstić information content (AvgIpc) is 2.45. The van der Waals surface area contributed by atoms with Gasteiger partial charge in [0.15, 0.2) is 5.78 Å². The Balaban J connectivity index is 2.03. The van der Waals surface area contributed by atoms with Crippen LogP contribution in [0, 0.1) is 0 Å². The van der Waals surface area contributed by atoms with E-state index in [-0.39, 0.29) is 11.5 Å². The number of allylic oxidation sites excluding steroid dienone is 1. The van der Waals surface area contributed by atoms with Crippen LogP contribution < -0.4 is 0 Å². The Kier molecular flexibility index (Phi) is 3.45. The molecule has 0 radical (unpaired) electrons. The number of aromatic hydroxyl groups is 1. The van der Waals surface area contributed by atoms with Gasteiger partial charge in [0.25, 0.3) is 0 Å². The van der Waals surface area contributed by atoms with Gasteiger partial charge in [-0.1, -0.05) is 46.3 Å². The van der Waals surface area contributed by atoms with Crippen LogP contribution in [0.25, 0.3) is 6.08 Å². The quantitative estimate of drug-likeness (QED) is 0.789. The lowest BCUT2D eigenvalue weighted by molar-refractivity contribution is 0.102. The van der Waals surface area contributed by atoms with Gasteiger partial charge in [-0.25, -0.2) is 0 Å². The summed E-state index contributed by atoms with van der Waals surface area (Å²) in [7, 11) is 0. The van der Waals surface area contributed by atoms with Crippen LogP contribution in [-0.2, 0) is 6.42 Å². The van der Waals surface area contributed by atoms with Crippen LogP contribution in [0.15, 0.2) is 52.5 Å². The average molecular weight is 329 g/mol. The van der Waals surface area contributed by atoms with Crippen molar-refractivity contribution in [2.45, 2.75) is 12.8 Å². The number of carbonyl (C=O) groups excluding carboxylic acids is 1. The van der Waals surface area contributed by atoms with E-state index in [1.54, 1.807) is 18.2 Å². The lowest BCUT2D eigenvalue weighted by atomic mass is 9.85. The fourth-order valence-corrected chi connectivity index (χ4v) is 2.91. The highest BCUT2D eigenvalue weighted by molar-refractivity contribution is 9.10. The number of phenols is 1. The summed E-state index contributed by atoms with van der Waals surface area (Å²) in [5, 5.41) is 9.82. The van der Waals surface area contributed by atoms with Crippen LogP contribution in [0.5, 0.6) is 5.75 Å². The second kappa shape index (κ2) is 5.25. The van der Waals surface area contributed by atoms with E-state index >= 15 is 0 Å². The van der Waals surface area contributed by atoms with E-state index in [4.69, 9.17) is 0 Å². The molecule has 2 aromatic carbocycles. The first-order chi connectivity index (χ1) is 9.66. The first-order valence-electron chi connectivity index (χ1n) is 6.47. The summed E-state index contributed by atoms with van der Waals surface area (Å²) in [6.07, 6.45) is 3.29. The number of hydrogen-bond donors (Lipinski definition) is 1. The zero-order chi connectivity index (χ0) is 14.1. The maximum atomic E-state index is 12.5. The second-order valence-corrected chi connectivity index (χ2v) is 5.68. The summed E-state index contributed by atoms with van der Waals surface area (Å²) in [5.41, 5.74) is 3.17. The van der Waals surface area contributed by atoms with Crippen molar-refractivity contribution in [3.8, 4) is 5.75 Å². The van der Waals surface area contributed by atoms with Gasteiger partial charge in [-0.2, -0.15) is 0 Å². The Morgan fingerprint density at radius 2 is 1.85 bits per heavy atom. The standard InChI is InChI=1S/C17H13BrO2/c18-15-6-2-1-4-11(15)10-12-8-9-13-14(17(12)20)5-3-7-16(13)19/h1-7,10,19H,8-9H2/b12-10+. The summed E-state index contributed by atoms with van der Waals surface area (Å²) >= 11 is 3.49. The molecule has 0 amide bonds. The highest BCUT2D eigenvalue weighted by atomic mass is 79.9. The van der Waals surface area contributed by atoms with Crippen LogP contribution in [0.2, 0.25) is 0 Å². The number of Topliss-reactive ketones (excluding diaryl/α,β-unsaturated/α-hetero) is 1. The zero-order valence-electron chi connectivity index (χ0n) is 10.8. The van der Waals surface area contributed by atoms with Gasteiger partial charge in [-0.15, -0.1) is 0 Å². The van der Waals surface area contributed by atoms with E-state index in [0.29, 0.717) is 18.4 Å². The fourth-order valence-electron chi connectivity index (χ4n) is 2.51. The van der Waals surface area contributed by atoms with Gasteiger partial charge in [-0.05, 0) is 36.6 Å². The molecule has 2 nitrogen and oxygen atoms in total. The van der Waals surface area contributed by atoms with E-state index in [1.165, 1.54) is 0 Å². The lowest BCUT2D eigenvalue weighted by Gasteiger charge is -2.18.